The third kappa shape index (κ3) is 4.82. The molecule has 0 aliphatic rings. The van der Waals surface area contributed by atoms with E-state index in [1.54, 1.807) is 25.3 Å². The molecule has 2 aromatic heterocycles. The topological polar surface area (TPSA) is 93.5 Å². The van der Waals surface area contributed by atoms with Gasteiger partial charge in [0.25, 0.3) is 5.89 Å². The molecule has 0 aliphatic carbocycles. The van der Waals surface area contributed by atoms with E-state index in [-0.39, 0.29) is 24.1 Å². The van der Waals surface area contributed by atoms with Crippen molar-refractivity contribution in [1.82, 2.24) is 4.98 Å². The van der Waals surface area contributed by atoms with Crippen molar-refractivity contribution in [1.29, 1.82) is 5.26 Å². The third-order valence-corrected chi connectivity index (χ3v) is 4.81. The van der Waals surface area contributed by atoms with Crippen LogP contribution in [0.3, 0.4) is 0 Å². The molecule has 1 N–H and O–H groups in total. The Hall–Kier alpha value is -3.89. The molecule has 2 aromatic carbocycles. The number of oxazole rings is 1. The van der Waals surface area contributed by atoms with Crippen LogP contribution in [0, 0.1) is 11.3 Å². The fourth-order valence-corrected chi connectivity index (χ4v) is 3.04. The van der Waals surface area contributed by atoms with Crippen molar-refractivity contribution < 1.29 is 18.3 Å². The summed E-state index contributed by atoms with van der Waals surface area (Å²) >= 11 is 6.17. The number of hydrogen-bond acceptors (Lipinski definition) is 7. The molecular formula is C23H18ClN3O4. The highest BCUT2D eigenvalue weighted by Crippen LogP contribution is 2.28. The first-order chi connectivity index (χ1) is 15.2. The molecule has 2 heterocycles. The van der Waals surface area contributed by atoms with Gasteiger partial charge in [0.15, 0.2) is 5.76 Å². The number of hydrogen-bond donors (Lipinski definition) is 1. The van der Waals surface area contributed by atoms with E-state index in [4.69, 9.17) is 29.9 Å². The Labute approximate surface area is 183 Å². The van der Waals surface area contributed by atoms with Gasteiger partial charge in [-0.3, -0.25) is 0 Å². The molecule has 0 radical (unpaired) electrons. The maximum Gasteiger partial charge on any atom is 0.266 e. The minimum absolute atomic E-state index is 0.134. The second-order valence-corrected chi connectivity index (χ2v) is 6.89. The van der Waals surface area contributed by atoms with Crippen molar-refractivity contribution in [3.8, 4) is 29.2 Å². The lowest BCUT2D eigenvalue weighted by Crippen LogP contribution is -2.00. The molecule has 0 amide bonds. The minimum Gasteiger partial charge on any atom is -0.497 e. The number of anilines is 1. The zero-order valence-electron chi connectivity index (χ0n) is 16.6. The Balaban J connectivity index is 1.43. The first-order valence-electron chi connectivity index (χ1n) is 9.40. The Bertz CT molecular complexity index is 1210. The van der Waals surface area contributed by atoms with E-state index >= 15 is 0 Å². The summed E-state index contributed by atoms with van der Waals surface area (Å²) in [6, 6.07) is 20.2. The van der Waals surface area contributed by atoms with Gasteiger partial charge in [-0.1, -0.05) is 29.8 Å². The zero-order valence-corrected chi connectivity index (χ0v) is 17.3. The molecule has 0 fully saturated rings. The lowest BCUT2D eigenvalue weighted by atomic mass is 10.2. The summed E-state index contributed by atoms with van der Waals surface area (Å²) in [6.45, 7) is 0.623. The number of nitriles is 1. The minimum atomic E-state index is 0.134. The maximum atomic E-state index is 9.39. The van der Waals surface area contributed by atoms with Gasteiger partial charge in [0.1, 0.15) is 29.9 Å². The van der Waals surface area contributed by atoms with Crippen LogP contribution < -0.4 is 14.8 Å². The number of ether oxygens (including phenoxy) is 2. The van der Waals surface area contributed by atoms with Crippen LogP contribution in [0.2, 0.25) is 5.02 Å². The summed E-state index contributed by atoms with van der Waals surface area (Å²) in [5, 5.41) is 13.1. The van der Waals surface area contributed by atoms with Gasteiger partial charge in [-0.25, -0.2) is 0 Å². The summed E-state index contributed by atoms with van der Waals surface area (Å²) in [6.07, 6.45) is 0. The van der Waals surface area contributed by atoms with E-state index in [1.807, 2.05) is 48.5 Å². The van der Waals surface area contributed by atoms with E-state index in [9.17, 15) is 5.26 Å². The number of benzene rings is 2. The van der Waals surface area contributed by atoms with E-state index in [2.05, 4.69) is 10.3 Å². The fourth-order valence-electron chi connectivity index (χ4n) is 2.84. The monoisotopic (exact) mass is 435 g/mol. The fraction of sp³-hybridized carbons (Fsp3) is 0.130. The number of methoxy groups -OCH3 is 1. The van der Waals surface area contributed by atoms with Gasteiger partial charge in [0.05, 0.1) is 7.11 Å². The van der Waals surface area contributed by atoms with Crippen molar-refractivity contribution in [2.24, 2.45) is 0 Å². The van der Waals surface area contributed by atoms with Crippen LogP contribution in [-0.2, 0) is 13.2 Å². The highest BCUT2D eigenvalue weighted by Gasteiger charge is 2.17. The number of halogens is 1. The molecule has 0 atom stereocenters. The number of rotatable bonds is 8. The molecule has 156 valence electrons. The van der Waals surface area contributed by atoms with Crippen molar-refractivity contribution in [3.05, 3.63) is 82.7 Å². The highest BCUT2D eigenvalue weighted by molar-refractivity contribution is 6.31. The van der Waals surface area contributed by atoms with Crippen molar-refractivity contribution in [2.75, 3.05) is 12.4 Å². The average molecular weight is 436 g/mol. The molecule has 0 bridgehead atoms. The molecule has 0 spiro atoms. The zero-order chi connectivity index (χ0) is 21.6. The van der Waals surface area contributed by atoms with Gasteiger partial charge in [-0.2, -0.15) is 10.2 Å². The van der Waals surface area contributed by atoms with Crippen LogP contribution in [0.1, 0.15) is 17.0 Å². The highest BCUT2D eigenvalue weighted by atomic mass is 35.5. The number of furan rings is 1. The molecule has 0 saturated carbocycles. The summed E-state index contributed by atoms with van der Waals surface area (Å²) < 4.78 is 22.3. The number of aromatic nitrogens is 1. The van der Waals surface area contributed by atoms with E-state index in [1.165, 1.54) is 0 Å². The molecule has 4 aromatic rings. The molecule has 31 heavy (non-hydrogen) atoms. The molecule has 0 saturated heterocycles. The average Bonchev–Trinajstić information content (AvgIpc) is 3.44. The van der Waals surface area contributed by atoms with Crippen LogP contribution in [-0.4, -0.2) is 12.1 Å². The maximum absolute atomic E-state index is 9.39. The van der Waals surface area contributed by atoms with Gasteiger partial charge in [-0.05, 0) is 48.0 Å². The largest absolute Gasteiger partial charge is 0.497 e. The lowest BCUT2D eigenvalue weighted by Gasteiger charge is -2.05. The van der Waals surface area contributed by atoms with E-state index in [0.29, 0.717) is 28.8 Å². The summed E-state index contributed by atoms with van der Waals surface area (Å²) in [4.78, 5) is 4.21. The molecule has 7 nitrogen and oxygen atoms in total. The first kappa shape index (κ1) is 20.4. The summed E-state index contributed by atoms with van der Waals surface area (Å²) in [5.41, 5.74) is 1.01. The van der Waals surface area contributed by atoms with Gasteiger partial charge in [-0.15, -0.1) is 0 Å². The van der Waals surface area contributed by atoms with Crippen LogP contribution in [0.4, 0.5) is 5.88 Å². The number of nitrogens with one attached hydrogen (secondary N) is 1. The number of nitrogens with zero attached hydrogens (tertiary/aromatic N) is 2. The SMILES string of the molecule is COc1ccc(OCc2ccc(-c3nc(C#N)c(NCc4ccccc4Cl)o3)o2)cc1. The van der Waals surface area contributed by atoms with Gasteiger partial charge in [0.2, 0.25) is 11.6 Å². The van der Waals surface area contributed by atoms with E-state index in [0.717, 1.165) is 11.3 Å². The predicted octanol–water partition coefficient (Wildman–Crippen LogP) is 5.66. The van der Waals surface area contributed by atoms with Crippen LogP contribution in [0.15, 0.2) is 69.5 Å². The quantitative estimate of drug-likeness (QED) is 0.381. The summed E-state index contributed by atoms with van der Waals surface area (Å²) in [7, 11) is 1.61. The second-order valence-electron chi connectivity index (χ2n) is 6.48. The van der Waals surface area contributed by atoms with Crippen LogP contribution >= 0.6 is 11.6 Å². The molecule has 0 aliphatic heterocycles. The van der Waals surface area contributed by atoms with Crippen LogP contribution in [0.25, 0.3) is 11.7 Å². The Morgan fingerprint density at radius 2 is 1.81 bits per heavy atom. The van der Waals surface area contributed by atoms with Gasteiger partial charge >= 0.3 is 0 Å². The third-order valence-electron chi connectivity index (χ3n) is 4.44. The normalized spacial score (nSPS) is 10.5. The Kier molecular flexibility index (Phi) is 6.11. The van der Waals surface area contributed by atoms with Gasteiger partial charge < -0.3 is 23.6 Å². The smallest absolute Gasteiger partial charge is 0.266 e. The summed E-state index contributed by atoms with van der Waals surface area (Å²) in [5.74, 6) is 2.89. The molecule has 4 rings (SSSR count). The molecule has 0 unspecified atom stereocenters. The predicted molar refractivity (Wildman–Crippen MR) is 115 cm³/mol. The Morgan fingerprint density at radius 1 is 1.03 bits per heavy atom. The molecule has 8 heteroatoms. The van der Waals surface area contributed by atoms with Crippen molar-refractivity contribution in [2.45, 2.75) is 13.2 Å². The van der Waals surface area contributed by atoms with Crippen molar-refractivity contribution >= 4 is 17.5 Å². The van der Waals surface area contributed by atoms with Crippen LogP contribution in [0.5, 0.6) is 11.5 Å². The van der Waals surface area contributed by atoms with E-state index < -0.39 is 0 Å². The lowest BCUT2D eigenvalue weighted by molar-refractivity contribution is 0.270. The Morgan fingerprint density at radius 3 is 2.55 bits per heavy atom. The molecular weight excluding hydrogens is 418 g/mol. The van der Waals surface area contributed by atoms with Gasteiger partial charge in [0, 0.05) is 11.6 Å². The first-order valence-corrected chi connectivity index (χ1v) is 9.78. The second kappa shape index (κ2) is 9.28. The van der Waals surface area contributed by atoms with Crippen molar-refractivity contribution in [3.63, 3.8) is 0 Å². The standard InChI is InChI=1S/C23H18ClN3O4/c1-28-16-6-8-17(9-7-16)29-14-18-10-11-21(30-18)23-27-20(12-25)22(31-23)26-13-15-4-2-3-5-19(15)24/h2-11,26H,13-14H2,1H3.